The second kappa shape index (κ2) is 8.73. The number of hydrogen-bond acceptors (Lipinski definition) is 5. The van der Waals surface area contributed by atoms with Gasteiger partial charge in [0.15, 0.2) is 5.89 Å². The molecule has 0 saturated carbocycles. The minimum absolute atomic E-state index is 0.0895. The Bertz CT molecular complexity index is 1020. The van der Waals surface area contributed by atoms with Crippen molar-refractivity contribution in [3.63, 3.8) is 0 Å². The van der Waals surface area contributed by atoms with Gasteiger partial charge in [-0.15, -0.1) is 0 Å². The van der Waals surface area contributed by atoms with Crippen molar-refractivity contribution in [3.05, 3.63) is 65.1 Å². The predicted octanol–water partition coefficient (Wildman–Crippen LogP) is 3.49. The number of benzene rings is 1. The van der Waals surface area contributed by atoms with Crippen LogP contribution in [0.2, 0.25) is 0 Å². The lowest BCUT2D eigenvalue weighted by molar-refractivity contribution is -0.133. The molecule has 0 bridgehead atoms. The summed E-state index contributed by atoms with van der Waals surface area (Å²) in [5, 5.41) is 4.41. The lowest BCUT2D eigenvalue weighted by Crippen LogP contribution is -2.41. The van der Waals surface area contributed by atoms with Crippen LogP contribution in [0.25, 0.3) is 0 Å². The molecule has 158 valence electrons. The molecule has 1 amide bonds. The zero-order chi connectivity index (χ0) is 21.1. The van der Waals surface area contributed by atoms with E-state index in [1.807, 2.05) is 49.1 Å². The van der Waals surface area contributed by atoms with Gasteiger partial charge in [-0.05, 0) is 38.8 Å². The summed E-state index contributed by atoms with van der Waals surface area (Å²) in [7, 11) is 1.67. The van der Waals surface area contributed by atoms with Crippen molar-refractivity contribution in [2.45, 2.75) is 45.6 Å². The van der Waals surface area contributed by atoms with Crippen LogP contribution < -0.4 is 4.74 Å². The molecular weight excluding hydrogens is 380 g/mol. The Kier molecular flexibility index (Phi) is 5.88. The number of methoxy groups -OCH3 is 1. The molecule has 0 spiro atoms. The van der Waals surface area contributed by atoms with Crippen molar-refractivity contribution in [2.75, 3.05) is 20.2 Å². The maximum Gasteiger partial charge on any atom is 0.244 e. The van der Waals surface area contributed by atoms with E-state index >= 15 is 0 Å². The fourth-order valence-electron chi connectivity index (χ4n) is 4.10. The van der Waals surface area contributed by atoms with Crippen LogP contribution in [0.1, 0.15) is 47.4 Å². The molecule has 1 aliphatic heterocycles. The van der Waals surface area contributed by atoms with Crippen molar-refractivity contribution in [1.82, 2.24) is 19.7 Å². The number of likely N-dealkylation sites (tertiary alicyclic amines) is 1. The maximum atomic E-state index is 12.8. The molecule has 0 aliphatic carbocycles. The summed E-state index contributed by atoms with van der Waals surface area (Å²) in [6.45, 7) is 5.59. The van der Waals surface area contributed by atoms with Gasteiger partial charge in [-0.3, -0.25) is 9.48 Å². The molecule has 2 aromatic heterocycles. The molecule has 0 N–H and O–H groups in total. The average Bonchev–Trinajstić information content (AvgIpc) is 3.34. The van der Waals surface area contributed by atoms with Crippen LogP contribution in [-0.2, 0) is 17.8 Å². The smallest absolute Gasteiger partial charge is 0.244 e. The van der Waals surface area contributed by atoms with Gasteiger partial charge in [0.25, 0.3) is 0 Å². The lowest BCUT2D eigenvalue weighted by atomic mass is 9.98. The molecule has 7 heteroatoms. The van der Waals surface area contributed by atoms with Gasteiger partial charge >= 0.3 is 0 Å². The quantitative estimate of drug-likeness (QED) is 0.624. The lowest BCUT2D eigenvalue weighted by Gasteiger charge is -2.31. The number of oxazole rings is 1. The molecule has 30 heavy (non-hydrogen) atoms. The fourth-order valence-corrected chi connectivity index (χ4v) is 4.10. The number of hydrogen-bond donors (Lipinski definition) is 0. The van der Waals surface area contributed by atoms with Gasteiger partial charge < -0.3 is 14.1 Å². The van der Waals surface area contributed by atoms with Crippen molar-refractivity contribution in [3.8, 4) is 5.75 Å². The third-order valence-electron chi connectivity index (χ3n) is 5.64. The third-order valence-corrected chi connectivity index (χ3v) is 5.64. The number of carbonyl (C=O) groups is 1. The van der Waals surface area contributed by atoms with Crippen molar-refractivity contribution in [2.24, 2.45) is 0 Å². The normalized spacial score (nSPS) is 16.6. The first-order valence-corrected chi connectivity index (χ1v) is 10.4. The van der Waals surface area contributed by atoms with Crippen LogP contribution in [0, 0.1) is 13.8 Å². The first-order chi connectivity index (χ1) is 14.5. The Balaban J connectivity index is 1.41. The second-order valence-corrected chi connectivity index (χ2v) is 7.92. The van der Waals surface area contributed by atoms with Gasteiger partial charge in [-0.25, -0.2) is 4.98 Å². The molecule has 3 aromatic rings. The van der Waals surface area contributed by atoms with Gasteiger partial charge in [-0.2, -0.15) is 5.10 Å². The van der Waals surface area contributed by atoms with Crippen molar-refractivity contribution >= 4 is 5.91 Å². The van der Waals surface area contributed by atoms with Crippen LogP contribution in [0.15, 0.2) is 40.9 Å². The van der Waals surface area contributed by atoms with Gasteiger partial charge in [-0.1, -0.05) is 18.2 Å². The molecule has 1 atom stereocenters. The largest absolute Gasteiger partial charge is 0.496 e. The number of amides is 1. The van der Waals surface area contributed by atoms with E-state index in [1.165, 1.54) is 0 Å². The Hall–Kier alpha value is -3.09. The van der Waals surface area contributed by atoms with Crippen LogP contribution in [0.4, 0.5) is 0 Å². The van der Waals surface area contributed by atoms with Gasteiger partial charge in [0.1, 0.15) is 18.1 Å². The Morgan fingerprint density at radius 2 is 2.13 bits per heavy atom. The topological polar surface area (TPSA) is 73.4 Å². The molecule has 1 aromatic carbocycles. The fraction of sp³-hybridized carbons (Fsp3) is 0.435. The minimum Gasteiger partial charge on any atom is -0.496 e. The summed E-state index contributed by atoms with van der Waals surface area (Å²) >= 11 is 0. The van der Waals surface area contributed by atoms with Gasteiger partial charge in [0.2, 0.25) is 5.91 Å². The van der Waals surface area contributed by atoms with Crippen LogP contribution in [0.3, 0.4) is 0 Å². The highest BCUT2D eigenvalue weighted by atomic mass is 16.5. The van der Waals surface area contributed by atoms with E-state index in [1.54, 1.807) is 18.0 Å². The number of rotatable bonds is 6. The highest BCUT2D eigenvalue weighted by molar-refractivity contribution is 5.76. The van der Waals surface area contributed by atoms with Gasteiger partial charge in [0, 0.05) is 30.8 Å². The van der Waals surface area contributed by atoms with Crippen molar-refractivity contribution < 1.29 is 13.9 Å². The van der Waals surface area contributed by atoms with E-state index in [2.05, 4.69) is 10.1 Å². The highest BCUT2D eigenvalue weighted by Gasteiger charge is 2.28. The molecule has 1 fully saturated rings. The first-order valence-electron chi connectivity index (χ1n) is 10.4. The van der Waals surface area contributed by atoms with Crippen LogP contribution in [0.5, 0.6) is 5.75 Å². The Morgan fingerprint density at radius 1 is 1.30 bits per heavy atom. The summed E-state index contributed by atoms with van der Waals surface area (Å²) in [6, 6.07) is 9.90. The number of piperidine rings is 1. The van der Waals surface area contributed by atoms with E-state index in [4.69, 9.17) is 9.15 Å². The van der Waals surface area contributed by atoms with E-state index < -0.39 is 0 Å². The second-order valence-electron chi connectivity index (χ2n) is 7.92. The first kappa shape index (κ1) is 20.2. The molecule has 3 heterocycles. The summed E-state index contributed by atoms with van der Waals surface area (Å²) in [5.74, 6) is 2.57. The Morgan fingerprint density at radius 3 is 2.90 bits per heavy atom. The monoisotopic (exact) mass is 408 g/mol. The van der Waals surface area contributed by atoms with E-state index in [0.29, 0.717) is 18.9 Å². The van der Waals surface area contributed by atoms with E-state index in [0.717, 1.165) is 47.8 Å². The number of aryl methyl sites for hydroxylation is 2. The maximum absolute atomic E-state index is 12.8. The van der Waals surface area contributed by atoms with Crippen LogP contribution >= 0.6 is 0 Å². The van der Waals surface area contributed by atoms with E-state index in [-0.39, 0.29) is 18.4 Å². The molecule has 4 rings (SSSR count). The number of nitrogens with zero attached hydrogens (tertiary/aromatic N) is 4. The zero-order valence-corrected chi connectivity index (χ0v) is 17.8. The summed E-state index contributed by atoms with van der Waals surface area (Å²) in [4.78, 5) is 19.3. The van der Waals surface area contributed by atoms with Crippen LogP contribution in [-0.4, -0.2) is 45.8 Å². The Labute approximate surface area is 176 Å². The molecule has 7 nitrogen and oxygen atoms in total. The number of para-hydroxylation sites is 1. The van der Waals surface area contributed by atoms with Crippen molar-refractivity contribution in [1.29, 1.82) is 0 Å². The molecule has 1 saturated heterocycles. The number of carbonyl (C=O) groups excluding carboxylic acids is 1. The van der Waals surface area contributed by atoms with E-state index in [9.17, 15) is 4.79 Å². The highest BCUT2D eigenvalue weighted by Crippen LogP contribution is 2.28. The number of ether oxygens (including phenoxy) is 1. The zero-order valence-electron chi connectivity index (χ0n) is 17.8. The van der Waals surface area contributed by atoms with Gasteiger partial charge in [0.05, 0.1) is 24.9 Å². The average molecular weight is 409 g/mol. The third kappa shape index (κ3) is 4.40. The summed E-state index contributed by atoms with van der Waals surface area (Å²) < 4.78 is 13.3. The molecule has 0 radical (unpaired) electrons. The predicted molar refractivity (Wildman–Crippen MR) is 113 cm³/mol. The standard InChI is InChI=1S/C23H28N4O3/c1-16-11-17(2)27(25-16)15-22(28)26-10-6-8-19(14-26)23-24-13-20(30-23)12-18-7-4-5-9-21(18)29-3/h4-5,7,9,11,13,19H,6,8,10,12,14-15H2,1-3H3/t19-/m1/s1. The molecule has 1 aliphatic rings. The summed E-state index contributed by atoms with van der Waals surface area (Å²) in [6.07, 6.45) is 4.33. The number of aromatic nitrogens is 3. The SMILES string of the molecule is COc1ccccc1Cc1cnc([C@@H]2CCCN(C(=O)Cn3nc(C)cc3C)C2)o1. The molecular formula is C23H28N4O3. The summed E-state index contributed by atoms with van der Waals surface area (Å²) in [5.41, 5.74) is 3.00. The minimum atomic E-state index is 0.0895. The molecule has 0 unspecified atom stereocenters.